The summed E-state index contributed by atoms with van der Waals surface area (Å²) >= 11 is 8.40. The standard InChI is InChI=1S/C13H12Br2O2S/c1-17-9-4-2-8(3-5-9)6-11(16)12-7-10(14)13(15)18-12/h2-5,7,11,16H,6H2,1H3. The van der Waals surface area contributed by atoms with Crippen LogP contribution in [0.25, 0.3) is 0 Å². The summed E-state index contributed by atoms with van der Waals surface area (Å²) in [4.78, 5) is 0.949. The molecule has 1 atom stereocenters. The van der Waals surface area contributed by atoms with Crippen molar-refractivity contribution in [3.63, 3.8) is 0 Å². The van der Waals surface area contributed by atoms with Gasteiger partial charge in [0.25, 0.3) is 0 Å². The lowest BCUT2D eigenvalue weighted by molar-refractivity contribution is 0.182. The number of methoxy groups -OCH3 is 1. The molecule has 1 aromatic carbocycles. The van der Waals surface area contributed by atoms with Gasteiger partial charge in [-0.05, 0) is 55.6 Å². The number of benzene rings is 1. The second-order valence-electron chi connectivity index (χ2n) is 3.84. The highest BCUT2D eigenvalue weighted by Gasteiger charge is 2.13. The molecule has 0 saturated carbocycles. The zero-order chi connectivity index (χ0) is 13.1. The van der Waals surface area contributed by atoms with E-state index in [0.29, 0.717) is 6.42 Å². The smallest absolute Gasteiger partial charge is 0.118 e. The molecule has 2 rings (SSSR count). The average molecular weight is 392 g/mol. The van der Waals surface area contributed by atoms with Crippen molar-refractivity contribution < 1.29 is 9.84 Å². The van der Waals surface area contributed by atoms with Gasteiger partial charge in [-0.2, -0.15) is 0 Å². The fraction of sp³-hybridized carbons (Fsp3) is 0.231. The lowest BCUT2D eigenvalue weighted by atomic mass is 10.1. The number of aliphatic hydroxyl groups excluding tert-OH is 1. The first-order valence-electron chi connectivity index (χ1n) is 5.36. The molecule has 1 unspecified atom stereocenters. The molecule has 0 radical (unpaired) electrons. The van der Waals surface area contributed by atoms with E-state index in [1.165, 1.54) is 0 Å². The maximum absolute atomic E-state index is 10.2. The van der Waals surface area contributed by atoms with Crippen molar-refractivity contribution in [3.8, 4) is 5.75 Å². The van der Waals surface area contributed by atoms with Crippen molar-refractivity contribution in [1.82, 2.24) is 0 Å². The number of aliphatic hydroxyl groups is 1. The molecule has 2 aromatic rings. The van der Waals surface area contributed by atoms with Crippen LogP contribution in [0.2, 0.25) is 0 Å². The van der Waals surface area contributed by atoms with Gasteiger partial charge in [0.05, 0.1) is 17.0 Å². The molecule has 0 fully saturated rings. The fourth-order valence-corrected chi connectivity index (χ4v) is 3.69. The summed E-state index contributed by atoms with van der Waals surface area (Å²) in [6.07, 6.45) is 0.120. The van der Waals surface area contributed by atoms with Gasteiger partial charge in [-0.25, -0.2) is 0 Å². The minimum Gasteiger partial charge on any atom is -0.497 e. The molecule has 1 heterocycles. The third-order valence-electron chi connectivity index (χ3n) is 2.58. The van der Waals surface area contributed by atoms with Crippen molar-refractivity contribution in [2.45, 2.75) is 12.5 Å². The Labute approximate surface area is 127 Å². The molecule has 5 heteroatoms. The van der Waals surface area contributed by atoms with E-state index in [-0.39, 0.29) is 0 Å². The Balaban J connectivity index is 2.08. The van der Waals surface area contributed by atoms with Crippen molar-refractivity contribution >= 4 is 43.2 Å². The molecule has 1 N–H and O–H groups in total. The van der Waals surface area contributed by atoms with Crippen LogP contribution in [0.5, 0.6) is 5.75 Å². The van der Waals surface area contributed by atoms with Gasteiger partial charge in [0.2, 0.25) is 0 Å². The quantitative estimate of drug-likeness (QED) is 0.827. The third-order valence-corrected chi connectivity index (χ3v) is 5.94. The van der Waals surface area contributed by atoms with E-state index in [1.54, 1.807) is 18.4 Å². The van der Waals surface area contributed by atoms with Gasteiger partial charge in [-0.3, -0.25) is 0 Å². The Morgan fingerprint density at radius 3 is 2.44 bits per heavy atom. The molecule has 1 aromatic heterocycles. The first kappa shape index (κ1) is 14.1. The number of hydrogen-bond donors (Lipinski definition) is 1. The molecule has 0 amide bonds. The molecular formula is C13H12Br2O2S. The van der Waals surface area contributed by atoms with Gasteiger partial charge in [-0.15, -0.1) is 11.3 Å². The average Bonchev–Trinajstić information content (AvgIpc) is 2.71. The highest BCUT2D eigenvalue weighted by atomic mass is 79.9. The maximum atomic E-state index is 10.2. The van der Waals surface area contributed by atoms with Gasteiger partial charge >= 0.3 is 0 Å². The lowest BCUT2D eigenvalue weighted by Gasteiger charge is -2.09. The summed E-state index contributed by atoms with van der Waals surface area (Å²) in [5.41, 5.74) is 1.09. The van der Waals surface area contributed by atoms with E-state index in [0.717, 1.165) is 24.4 Å². The molecule has 96 valence electrons. The summed E-state index contributed by atoms with van der Waals surface area (Å²) in [6.45, 7) is 0. The van der Waals surface area contributed by atoms with Crippen LogP contribution < -0.4 is 4.74 Å². The maximum Gasteiger partial charge on any atom is 0.118 e. The topological polar surface area (TPSA) is 29.5 Å². The first-order valence-corrected chi connectivity index (χ1v) is 7.76. The number of rotatable bonds is 4. The second-order valence-corrected chi connectivity index (χ2v) is 7.09. The molecule has 0 aliphatic rings. The Bertz CT molecular complexity index is 503. The van der Waals surface area contributed by atoms with Crippen molar-refractivity contribution in [3.05, 3.63) is 49.0 Å². The second kappa shape index (κ2) is 6.19. The molecule has 2 nitrogen and oxygen atoms in total. The molecule has 18 heavy (non-hydrogen) atoms. The summed E-state index contributed by atoms with van der Waals surface area (Å²) < 4.78 is 7.09. The highest BCUT2D eigenvalue weighted by molar-refractivity contribution is 9.13. The molecule has 0 bridgehead atoms. The van der Waals surface area contributed by atoms with Gasteiger partial charge in [0.1, 0.15) is 5.75 Å². The van der Waals surface area contributed by atoms with E-state index in [9.17, 15) is 5.11 Å². The van der Waals surface area contributed by atoms with Gasteiger partial charge < -0.3 is 9.84 Å². The van der Waals surface area contributed by atoms with Crippen LogP contribution >= 0.6 is 43.2 Å². The van der Waals surface area contributed by atoms with Crippen LogP contribution in [0.15, 0.2) is 38.6 Å². The van der Waals surface area contributed by atoms with E-state index in [1.807, 2.05) is 30.3 Å². The predicted molar refractivity (Wildman–Crippen MR) is 81.4 cm³/mol. The van der Waals surface area contributed by atoms with Crippen LogP contribution in [-0.2, 0) is 6.42 Å². The van der Waals surface area contributed by atoms with E-state index < -0.39 is 6.10 Å². The Morgan fingerprint density at radius 2 is 1.94 bits per heavy atom. The monoisotopic (exact) mass is 390 g/mol. The Hall–Kier alpha value is -0.360. The molecule has 0 aliphatic heterocycles. The molecule has 0 saturated heterocycles. The fourth-order valence-electron chi connectivity index (χ4n) is 1.61. The minimum atomic E-state index is -0.481. The summed E-state index contributed by atoms with van der Waals surface area (Å²) in [5.74, 6) is 0.829. The van der Waals surface area contributed by atoms with Crippen molar-refractivity contribution in [2.24, 2.45) is 0 Å². The van der Waals surface area contributed by atoms with Gasteiger partial charge in [0, 0.05) is 15.8 Å². The van der Waals surface area contributed by atoms with Crippen LogP contribution in [0.3, 0.4) is 0 Å². The lowest BCUT2D eigenvalue weighted by Crippen LogP contribution is -1.99. The third kappa shape index (κ3) is 3.35. The molecule has 0 aliphatic carbocycles. The number of thiophene rings is 1. The number of halogens is 2. The highest BCUT2D eigenvalue weighted by Crippen LogP contribution is 2.36. The molecule has 0 spiro atoms. The van der Waals surface area contributed by atoms with Crippen molar-refractivity contribution in [2.75, 3.05) is 7.11 Å². The minimum absolute atomic E-state index is 0.481. The van der Waals surface area contributed by atoms with Crippen molar-refractivity contribution in [1.29, 1.82) is 0 Å². The zero-order valence-electron chi connectivity index (χ0n) is 9.69. The summed E-state index contributed by atoms with van der Waals surface area (Å²) in [5, 5.41) is 10.2. The van der Waals surface area contributed by atoms with E-state index >= 15 is 0 Å². The van der Waals surface area contributed by atoms with E-state index in [4.69, 9.17) is 4.74 Å². The largest absolute Gasteiger partial charge is 0.497 e. The van der Waals surface area contributed by atoms with E-state index in [2.05, 4.69) is 31.9 Å². The zero-order valence-corrected chi connectivity index (χ0v) is 13.7. The first-order chi connectivity index (χ1) is 8.60. The van der Waals surface area contributed by atoms with Crippen LogP contribution in [-0.4, -0.2) is 12.2 Å². The molecular weight excluding hydrogens is 380 g/mol. The SMILES string of the molecule is COc1ccc(CC(O)c2cc(Br)c(Br)s2)cc1. The predicted octanol–water partition coefficient (Wildman–Crippen LogP) is 4.56. The van der Waals surface area contributed by atoms with Gasteiger partial charge in [0.15, 0.2) is 0 Å². The Kier molecular flexibility index (Phi) is 4.84. The number of ether oxygens (including phenoxy) is 1. The normalized spacial score (nSPS) is 12.4. The van der Waals surface area contributed by atoms with Gasteiger partial charge in [-0.1, -0.05) is 12.1 Å². The van der Waals surface area contributed by atoms with Crippen LogP contribution in [0.1, 0.15) is 16.5 Å². The Morgan fingerprint density at radius 1 is 1.28 bits per heavy atom. The van der Waals surface area contributed by atoms with Crippen LogP contribution in [0, 0.1) is 0 Å². The summed E-state index contributed by atoms with van der Waals surface area (Å²) in [7, 11) is 1.64. The van der Waals surface area contributed by atoms with Crippen LogP contribution in [0.4, 0.5) is 0 Å². The summed E-state index contributed by atoms with van der Waals surface area (Å²) in [6, 6.07) is 9.70. The number of hydrogen-bond acceptors (Lipinski definition) is 3.